The summed E-state index contributed by atoms with van der Waals surface area (Å²) in [6.45, 7) is 0.761. The van der Waals surface area contributed by atoms with E-state index in [1.54, 1.807) is 55.0 Å². The van der Waals surface area contributed by atoms with Crippen molar-refractivity contribution < 1.29 is 14.3 Å². The lowest BCUT2D eigenvalue weighted by Gasteiger charge is -2.18. The number of benzene rings is 1. The predicted molar refractivity (Wildman–Crippen MR) is 111 cm³/mol. The summed E-state index contributed by atoms with van der Waals surface area (Å²) < 4.78 is 4.67. The first-order chi connectivity index (χ1) is 14.1. The van der Waals surface area contributed by atoms with Crippen LogP contribution < -0.4 is 10.2 Å². The molecule has 0 saturated carbocycles. The summed E-state index contributed by atoms with van der Waals surface area (Å²) >= 11 is 0. The molecule has 0 radical (unpaired) electrons. The maximum atomic E-state index is 12.6. The number of likely N-dealkylation sites (N-methyl/N-ethyl adjacent to an activating group) is 1. The van der Waals surface area contributed by atoms with E-state index in [4.69, 9.17) is 0 Å². The van der Waals surface area contributed by atoms with E-state index in [-0.39, 0.29) is 5.91 Å². The number of aromatic nitrogens is 2. The van der Waals surface area contributed by atoms with Gasteiger partial charge in [-0.15, -0.1) is 0 Å². The molecule has 1 aromatic carbocycles. The van der Waals surface area contributed by atoms with Gasteiger partial charge >= 0.3 is 5.97 Å². The third kappa shape index (κ3) is 5.38. The van der Waals surface area contributed by atoms with Crippen LogP contribution in [0.15, 0.2) is 67.1 Å². The Morgan fingerprint density at radius 3 is 2.41 bits per heavy atom. The maximum absolute atomic E-state index is 12.6. The van der Waals surface area contributed by atoms with Gasteiger partial charge in [-0.25, -0.2) is 9.78 Å². The summed E-state index contributed by atoms with van der Waals surface area (Å²) in [5.41, 5.74) is 2.71. The zero-order valence-electron chi connectivity index (χ0n) is 16.3. The van der Waals surface area contributed by atoms with Crippen molar-refractivity contribution in [3.8, 4) is 0 Å². The standard InChI is InChI=1S/C22H22N4O3/c1-26(14-10-16-7-11-23-12-8-16)20-15-18(9-13-24-20)21(27)25-19-5-3-17(4-6-19)22(28)29-2/h3-9,11-13,15H,10,14H2,1-2H3,(H,25,27). The van der Waals surface area contributed by atoms with E-state index in [0.717, 1.165) is 13.0 Å². The summed E-state index contributed by atoms with van der Waals surface area (Å²) in [7, 11) is 3.27. The minimum atomic E-state index is -0.420. The molecule has 148 valence electrons. The molecule has 1 N–H and O–H groups in total. The monoisotopic (exact) mass is 390 g/mol. The van der Waals surface area contributed by atoms with Crippen molar-refractivity contribution in [3.63, 3.8) is 0 Å². The fourth-order valence-corrected chi connectivity index (χ4v) is 2.74. The second-order valence-corrected chi connectivity index (χ2v) is 6.45. The van der Waals surface area contributed by atoms with Gasteiger partial charge in [0.05, 0.1) is 12.7 Å². The van der Waals surface area contributed by atoms with Gasteiger partial charge in [0.25, 0.3) is 5.91 Å². The molecule has 0 spiro atoms. The molecule has 0 bridgehead atoms. The van der Waals surface area contributed by atoms with Crippen LogP contribution in [0.4, 0.5) is 11.5 Å². The molecule has 3 rings (SSSR count). The highest BCUT2D eigenvalue weighted by molar-refractivity contribution is 6.04. The van der Waals surface area contributed by atoms with Crippen LogP contribution in [0.5, 0.6) is 0 Å². The Balaban J connectivity index is 1.63. The molecule has 2 heterocycles. The van der Waals surface area contributed by atoms with Crippen LogP contribution in [0.1, 0.15) is 26.3 Å². The van der Waals surface area contributed by atoms with E-state index in [1.807, 2.05) is 24.1 Å². The molecule has 0 atom stereocenters. The minimum Gasteiger partial charge on any atom is -0.465 e. The van der Waals surface area contributed by atoms with Gasteiger partial charge in [-0.05, 0) is 60.5 Å². The summed E-state index contributed by atoms with van der Waals surface area (Å²) in [5, 5.41) is 2.82. The predicted octanol–water partition coefficient (Wildman–Crippen LogP) is 3.19. The fourth-order valence-electron chi connectivity index (χ4n) is 2.74. The van der Waals surface area contributed by atoms with E-state index < -0.39 is 5.97 Å². The molecule has 0 aliphatic carbocycles. The average molecular weight is 390 g/mol. The number of nitrogens with one attached hydrogen (secondary N) is 1. The molecule has 0 fully saturated rings. The largest absolute Gasteiger partial charge is 0.465 e. The number of hydrogen-bond donors (Lipinski definition) is 1. The van der Waals surface area contributed by atoms with Gasteiger partial charge in [0.15, 0.2) is 0 Å². The first-order valence-electron chi connectivity index (χ1n) is 9.12. The lowest BCUT2D eigenvalue weighted by molar-refractivity contribution is 0.0600. The SMILES string of the molecule is COC(=O)c1ccc(NC(=O)c2ccnc(N(C)CCc3ccncc3)c2)cc1. The summed E-state index contributed by atoms with van der Waals surface area (Å²) in [6.07, 6.45) is 6.02. The lowest BCUT2D eigenvalue weighted by atomic mass is 10.2. The first kappa shape index (κ1) is 20.0. The number of pyridine rings is 2. The van der Waals surface area contributed by atoms with Crippen LogP contribution in [0, 0.1) is 0 Å². The third-order valence-electron chi connectivity index (χ3n) is 4.45. The van der Waals surface area contributed by atoms with Gasteiger partial charge in [0.1, 0.15) is 5.82 Å². The van der Waals surface area contributed by atoms with Crippen LogP contribution in [0.2, 0.25) is 0 Å². The quantitative estimate of drug-likeness (QED) is 0.624. The van der Waals surface area contributed by atoms with E-state index in [9.17, 15) is 9.59 Å². The maximum Gasteiger partial charge on any atom is 0.337 e. The Bertz CT molecular complexity index is 975. The van der Waals surface area contributed by atoms with Crippen LogP contribution in [0.25, 0.3) is 0 Å². The van der Waals surface area contributed by atoms with Gasteiger partial charge in [-0.3, -0.25) is 9.78 Å². The van der Waals surface area contributed by atoms with Crippen molar-refractivity contribution in [2.24, 2.45) is 0 Å². The Labute approximate surface area is 169 Å². The van der Waals surface area contributed by atoms with Crippen LogP contribution in [-0.2, 0) is 11.2 Å². The van der Waals surface area contributed by atoms with E-state index in [0.29, 0.717) is 22.6 Å². The minimum absolute atomic E-state index is 0.248. The van der Waals surface area contributed by atoms with Crippen LogP contribution in [-0.4, -0.2) is 42.5 Å². The molecule has 1 amide bonds. The molecule has 0 unspecified atom stereocenters. The van der Waals surface area contributed by atoms with Gasteiger partial charge < -0.3 is 15.0 Å². The zero-order valence-corrected chi connectivity index (χ0v) is 16.3. The average Bonchev–Trinajstić information content (AvgIpc) is 2.78. The smallest absolute Gasteiger partial charge is 0.337 e. The molecule has 0 saturated heterocycles. The number of esters is 1. The molecule has 2 aromatic heterocycles. The third-order valence-corrected chi connectivity index (χ3v) is 4.45. The number of hydrogen-bond acceptors (Lipinski definition) is 6. The van der Waals surface area contributed by atoms with Crippen molar-refractivity contribution in [2.45, 2.75) is 6.42 Å². The van der Waals surface area contributed by atoms with Crippen molar-refractivity contribution in [2.75, 3.05) is 30.9 Å². The molecule has 0 aliphatic heterocycles. The van der Waals surface area contributed by atoms with E-state index >= 15 is 0 Å². The molecular formula is C22H22N4O3. The Hall–Kier alpha value is -3.74. The van der Waals surface area contributed by atoms with Gasteiger partial charge in [0.2, 0.25) is 0 Å². The highest BCUT2D eigenvalue weighted by atomic mass is 16.5. The second kappa shape index (κ2) is 9.45. The van der Waals surface area contributed by atoms with Crippen molar-refractivity contribution >= 4 is 23.4 Å². The number of carbonyl (C=O) groups excluding carboxylic acids is 2. The molecule has 7 nitrogen and oxygen atoms in total. The number of ether oxygens (including phenoxy) is 1. The van der Waals surface area contributed by atoms with Gasteiger partial charge in [0, 0.05) is 43.4 Å². The zero-order chi connectivity index (χ0) is 20.6. The van der Waals surface area contributed by atoms with Crippen molar-refractivity contribution in [3.05, 3.63) is 83.8 Å². The van der Waals surface area contributed by atoms with E-state index in [1.165, 1.54) is 12.7 Å². The topological polar surface area (TPSA) is 84.4 Å². The molecule has 7 heteroatoms. The molecule has 3 aromatic rings. The second-order valence-electron chi connectivity index (χ2n) is 6.45. The Kier molecular flexibility index (Phi) is 6.52. The van der Waals surface area contributed by atoms with Gasteiger partial charge in [-0.2, -0.15) is 0 Å². The van der Waals surface area contributed by atoms with Crippen molar-refractivity contribution in [1.82, 2.24) is 9.97 Å². The number of nitrogens with zero attached hydrogens (tertiary/aromatic N) is 3. The summed E-state index contributed by atoms with van der Waals surface area (Å²) in [6, 6.07) is 13.9. The number of carbonyl (C=O) groups is 2. The highest BCUT2D eigenvalue weighted by Crippen LogP contribution is 2.15. The molecule has 0 aliphatic rings. The summed E-state index contributed by atoms with van der Waals surface area (Å²) in [5.74, 6) is 0.0474. The number of amides is 1. The fraction of sp³-hybridized carbons (Fsp3) is 0.182. The van der Waals surface area contributed by atoms with Crippen LogP contribution in [0.3, 0.4) is 0 Å². The van der Waals surface area contributed by atoms with Crippen molar-refractivity contribution in [1.29, 1.82) is 0 Å². The number of rotatable bonds is 7. The lowest BCUT2D eigenvalue weighted by Crippen LogP contribution is -2.22. The molecule has 29 heavy (non-hydrogen) atoms. The van der Waals surface area contributed by atoms with Crippen LogP contribution >= 0.6 is 0 Å². The first-order valence-corrected chi connectivity index (χ1v) is 9.12. The van der Waals surface area contributed by atoms with Gasteiger partial charge in [-0.1, -0.05) is 0 Å². The molecular weight excluding hydrogens is 368 g/mol. The normalized spacial score (nSPS) is 10.3. The summed E-state index contributed by atoms with van der Waals surface area (Å²) in [4.78, 5) is 34.5. The Morgan fingerprint density at radius 1 is 1.00 bits per heavy atom. The number of methoxy groups -OCH3 is 1. The number of anilines is 2. The highest BCUT2D eigenvalue weighted by Gasteiger charge is 2.11. The Morgan fingerprint density at radius 2 is 1.72 bits per heavy atom. The van der Waals surface area contributed by atoms with E-state index in [2.05, 4.69) is 20.0 Å².